The van der Waals surface area contributed by atoms with E-state index in [1.54, 1.807) is 29.3 Å². The number of pyridine rings is 1. The Morgan fingerprint density at radius 1 is 1.00 bits per heavy atom. The summed E-state index contributed by atoms with van der Waals surface area (Å²) in [6.07, 6.45) is 3.23. The fourth-order valence-electron chi connectivity index (χ4n) is 3.76. The third-order valence-corrected chi connectivity index (χ3v) is 7.56. The third kappa shape index (κ3) is 4.18. The van der Waals surface area contributed by atoms with Gasteiger partial charge < -0.3 is 9.80 Å². The van der Waals surface area contributed by atoms with Crippen LogP contribution in [0.25, 0.3) is 0 Å². The second kappa shape index (κ2) is 8.20. The van der Waals surface area contributed by atoms with Crippen LogP contribution in [0, 0.1) is 0 Å². The van der Waals surface area contributed by atoms with E-state index in [0.29, 0.717) is 55.4 Å². The molecule has 0 bridgehead atoms. The highest BCUT2D eigenvalue weighted by atomic mass is 35.5. The Labute approximate surface area is 175 Å². The number of hydrogen-bond donors (Lipinski definition) is 0. The molecule has 0 saturated carbocycles. The lowest BCUT2D eigenvalue weighted by Crippen LogP contribution is -2.49. The third-order valence-electron chi connectivity index (χ3n) is 5.36. The summed E-state index contributed by atoms with van der Waals surface area (Å²) in [5.41, 5.74) is 0.848. The Morgan fingerprint density at radius 2 is 1.79 bits per heavy atom. The lowest BCUT2D eigenvalue weighted by atomic mass is 10.1. The van der Waals surface area contributed by atoms with Crippen LogP contribution in [-0.2, 0) is 10.0 Å². The van der Waals surface area contributed by atoms with E-state index in [9.17, 15) is 13.2 Å². The fraction of sp³-hybridized carbons (Fsp3) is 0.400. The Hall–Kier alpha value is -2.32. The highest BCUT2D eigenvalue weighted by Crippen LogP contribution is 2.29. The molecule has 154 valence electrons. The molecule has 2 aromatic rings. The number of carbonyl (C=O) groups excluding carboxylic acids is 1. The number of carbonyl (C=O) groups is 1. The van der Waals surface area contributed by atoms with Crippen molar-refractivity contribution >= 4 is 39.0 Å². The zero-order valence-electron chi connectivity index (χ0n) is 16.0. The van der Waals surface area contributed by atoms with E-state index < -0.39 is 10.0 Å². The predicted octanol–water partition coefficient (Wildman–Crippen LogP) is 2.63. The number of nitrogens with zero attached hydrogens (tertiary/aromatic N) is 4. The van der Waals surface area contributed by atoms with Gasteiger partial charge in [0.25, 0.3) is 5.91 Å². The van der Waals surface area contributed by atoms with Crippen molar-refractivity contribution in [3.8, 4) is 0 Å². The summed E-state index contributed by atoms with van der Waals surface area (Å²) in [6.45, 7) is 2.90. The first-order chi connectivity index (χ1) is 14.0. The minimum absolute atomic E-state index is 0.133. The molecular formula is C20H23ClN4O3S. The quantitative estimate of drug-likeness (QED) is 0.742. The second-order valence-electron chi connectivity index (χ2n) is 7.23. The summed E-state index contributed by atoms with van der Waals surface area (Å²) in [5, 5.41) is 0.334. The molecule has 1 aromatic heterocycles. The van der Waals surface area contributed by atoms with Crippen LogP contribution in [0.4, 0.5) is 11.5 Å². The molecular weight excluding hydrogens is 412 g/mol. The number of amides is 1. The van der Waals surface area contributed by atoms with Crippen LogP contribution in [-0.4, -0.2) is 62.7 Å². The number of sulfonamides is 1. The number of benzene rings is 1. The van der Waals surface area contributed by atoms with Gasteiger partial charge in [0.1, 0.15) is 5.82 Å². The van der Waals surface area contributed by atoms with Crippen LogP contribution in [0.15, 0.2) is 42.6 Å². The predicted molar refractivity (Wildman–Crippen MR) is 114 cm³/mol. The van der Waals surface area contributed by atoms with Crippen molar-refractivity contribution < 1.29 is 13.2 Å². The number of rotatable bonds is 3. The molecule has 2 aliphatic rings. The molecule has 0 atom stereocenters. The van der Waals surface area contributed by atoms with E-state index in [0.717, 1.165) is 12.2 Å². The largest absolute Gasteiger partial charge is 0.353 e. The minimum Gasteiger partial charge on any atom is -0.353 e. The molecule has 0 spiro atoms. The van der Waals surface area contributed by atoms with Gasteiger partial charge in [0, 0.05) is 38.9 Å². The van der Waals surface area contributed by atoms with E-state index in [1.165, 1.54) is 4.31 Å². The molecule has 0 aliphatic carbocycles. The highest BCUT2D eigenvalue weighted by Gasteiger charge is 2.29. The SMILES string of the molecule is O=C(c1cc(N2CCCCS2(=O)=O)ccc1Cl)N1CCN(c2ccccn2)CC1. The number of piperazine rings is 1. The molecule has 9 heteroatoms. The van der Waals surface area contributed by atoms with Gasteiger partial charge in [-0.05, 0) is 43.2 Å². The summed E-state index contributed by atoms with van der Waals surface area (Å²) in [5.74, 6) is 0.857. The molecule has 7 nitrogen and oxygen atoms in total. The Morgan fingerprint density at radius 3 is 2.48 bits per heavy atom. The summed E-state index contributed by atoms with van der Waals surface area (Å²) < 4.78 is 26.2. The van der Waals surface area contributed by atoms with Gasteiger partial charge in [-0.15, -0.1) is 0 Å². The molecule has 4 rings (SSSR count). The molecule has 1 amide bonds. The van der Waals surface area contributed by atoms with Gasteiger partial charge in [0.2, 0.25) is 10.0 Å². The molecule has 0 radical (unpaired) electrons. The Kier molecular flexibility index (Phi) is 5.65. The standard InChI is InChI=1S/C20H23ClN4O3S/c21-18-7-6-16(25-9-3-4-14-29(25,27)28)15-17(18)20(26)24-12-10-23(11-13-24)19-5-1-2-8-22-19/h1-2,5-8,15H,3-4,9-14H2. The van der Waals surface area contributed by atoms with Crippen molar-refractivity contribution in [2.75, 3.05) is 47.7 Å². The summed E-state index contributed by atoms with van der Waals surface area (Å²) in [6, 6.07) is 10.7. The average Bonchev–Trinajstić information content (AvgIpc) is 2.74. The van der Waals surface area contributed by atoms with Crippen molar-refractivity contribution in [1.29, 1.82) is 0 Å². The van der Waals surface area contributed by atoms with Gasteiger partial charge in [0.15, 0.2) is 0 Å². The number of halogens is 1. The van der Waals surface area contributed by atoms with Crippen LogP contribution in [0.1, 0.15) is 23.2 Å². The average molecular weight is 435 g/mol. The van der Waals surface area contributed by atoms with E-state index in [4.69, 9.17) is 11.6 Å². The van der Waals surface area contributed by atoms with Crippen LogP contribution < -0.4 is 9.21 Å². The lowest BCUT2D eigenvalue weighted by Gasteiger charge is -2.35. The van der Waals surface area contributed by atoms with Crippen molar-refractivity contribution in [2.45, 2.75) is 12.8 Å². The smallest absolute Gasteiger partial charge is 0.255 e. The summed E-state index contributed by atoms with van der Waals surface area (Å²) in [4.78, 5) is 21.4. The second-order valence-corrected chi connectivity index (χ2v) is 9.65. The maximum absolute atomic E-state index is 13.1. The molecule has 29 heavy (non-hydrogen) atoms. The maximum atomic E-state index is 13.1. The van der Waals surface area contributed by atoms with Gasteiger partial charge >= 0.3 is 0 Å². The highest BCUT2D eigenvalue weighted by molar-refractivity contribution is 7.92. The monoisotopic (exact) mass is 434 g/mol. The van der Waals surface area contributed by atoms with Crippen molar-refractivity contribution in [1.82, 2.24) is 9.88 Å². The van der Waals surface area contributed by atoms with Gasteiger partial charge in [-0.2, -0.15) is 0 Å². The van der Waals surface area contributed by atoms with Crippen LogP contribution in [0.3, 0.4) is 0 Å². The van der Waals surface area contributed by atoms with Crippen molar-refractivity contribution in [3.63, 3.8) is 0 Å². The molecule has 0 unspecified atom stereocenters. The molecule has 2 fully saturated rings. The minimum atomic E-state index is -3.34. The number of hydrogen-bond acceptors (Lipinski definition) is 5. The zero-order chi connectivity index (χ0) is 20.4. The first-order valence-electron chi connectivity index (χ1n) is 9.71. The molecule has 3 heterocycles. The van der Waals surface area contributed by atoms with Gasteiger partial charge in [-0.25, -0.2) is 13.4 Å². The lowest BCUT2D eigenvalue weighted by molar-refractivity contribution is 0.0746. The van der Waals surface area contributed by atoms with Crippen LogP contribution >= 0.6 is 11.6 Å². The summed E-state index contributed by atoms with van der Waals surface area (Å²) >= 11 is 6.31. The van der Waals surface area contributed by atoms with Crippen molar-refractivity contribution in [2.24, 2.45) is 0 Å². The molecule has 0 N–H and O–H groups in total. The van der Waals surface area contributed by atoms with E-state index >= 15 is 0 Å². The number of aromatic nitrogens is 1. The van der Waals surface area contributed by atoms with Crippen LogP contribution in [0.2, 0.25) is 5.02 Å². The van der Waals surface area contributed by atoms with Gasteiger partial charge in [0.05, 0.1) is 22.0 Å². The maximum Gasteiger partial charge on any atom is 0.255 e. The zero-order valence-corrected chi connectivity index (χ0v) is 17.6. The fourth-order valence-corrected chi connectivity index (χ4v) is 5.59. The van der Waals surface area contributed by atoms with Crippen LogP contribution in [0.5, 0.6) is 0 Å². The topological polar surface area (TPSA) is 73.8 Å². The molecule has 2 saturated heterocycles. The van der Waals surface area contributed by atoms with Gasteiger partial charge in [-0.1, -0.05) is 17.7 Å². The first kappa shape index (κ1) is 20.0. The number of anilines is 2. The Balaban J connectivity index is 1.50. The van der Waals surface area contributed by atoms with Gasteiger partial charge in [-0.3, -0.25) is 9.10 Å². The molecule has 2 aliphatic heterocycles. The normalized spacial score (nSPS) is 19.3. The van der Waals surface area contributed by atoms with Crippen molar-refractivity contribution in [3.05, 3.63) is 53.2 Å². The van der Waals surface area contributed by atoms with E-state index in [1.807, 2.05) is 18.2 Å². The van der Waals surface area contributed by atoms with E-state index in [-0.39, 0.29) is 11.7 Å². The molecule has 1 aromatic carbocycles. The van der Waals surface area contributed by atoms with E-state index in [2.05, 4.69) is 9.88 Å². The summed E-state index contributed by atoms with van der Waals surface area (Å²) in [7, 11) is -3.34. The first-order valence-corrected chi connectivity index (χ1v) is 11.7. The Bertz CT molecular complexity index is 992.